The lowest BCUT2D eigenvalue weighted by atomic mass is 10.2. The molecule has 29 heavy (non-hydrogen) atoms. The minimum Gasteiger partial charge on any atom is -0.476 e. The van der Waals surface area contributed by atoms with Crippen LogP contribution in [0.1, 0.15) is 34.3 Å². The van der Waals surface area contributed by atoms with Gasteiger partial charge in [0.05, 0.1) is 0 Å². The van der Waals surface area contributed by atoms with Crippen molar-refractivity contribution in [3.63, 3.8) is 0 Å². The fraction of sp³-hybridized carbons (Fsp3) is 0.211. The Labute approximate surface area is 166 Å². The van der Waals surface area contributed by atoms with Crippen molar-refractivity contribution in [2.45, 2.75) is 26.4 Å². The molecule has 0 radical (unpaired) electrons. The van der Waals surface area contributed by atoms with E-state index in [0.29, 0.717) is 23.6 Å². The number of aromatic carboxylic acids is 1. The van der Waals surface area contributed by atoms with E-state index >= 15 is 0 Å². The number of benzene rings is 1. The summed E-state index contributed by atoms with van der Waals surface area (Å²) in [6.07, 6.45) is 3.19. The Kier molecular flexibility index (Phi) is 6.03. The Morgan fingerprint density at radius 1 is 1.10 bits per heavy atom. The van der Waals surface area contributed by atoms with Gasteiger partial charge in [-0.3, -0.25) is 19.0 Å². The second-order valence-corrected chi connectivity index (χ2v) is 6.13. The normalized spacial score (nSPS) is 10.5. The van der Waals surface area contributed by atoms with E-state index < -0.39 is 5.97 Å². The molecule has 0 aliphatic rings. The minimum absolute atomic E-state index is 0.0710. The van der Waals surface area contributed by atoms with Gasteiger partial charge in [0.1, 0.15) is 5.69 Å². The van der Waals surface area contributed by atoms with Crippen molar-refractivity contribution in [1.82, 2.24) is 19.6 Å². The molecule has 0 bridgehead atoms. The summed E-state index contributed by atoms with van der Waals surface area (Å²) in [5.41, 5.74) is 1.44. The first-order chi connectivity index (χ1) is 14.0. The molecule has 0 fully saturated rings. The van der Waals surface area contributed by atoms with Gasteiger partial charge in [-0.25, -0.2) is 4.79 Å². The predicted octanol–water partition coefficient (Wildman–Crippen LogP) is 2.08. The van der Waals surface area contributed by atoms with Crippen molar-refractivity contribution in [1.29, 1.82) is 0 Å². The van der Waals surface area contributed by atoms with Crippen molar-refractivity contribution in [3.05, 3.63) is 60.2 Å². The van der Waals surface area contributed by atoms with Gasteiger partial charge in [0, 0.05) is 43.3 Å². The van der Waals surface area contributed by atoms with Crippen LogP contribution in [-0.4, -0.2) is 42.5 Å². The Balaban J connectivity index is 1.56. The second kappa shape index (κ2) is 8.83. The number of carboxylic acids is 1. The highest BCUT2D eigenvalue weighted by atomic mass is 16.4. The molecular formula is C19H20N6O4. The van der Waals surface area contributed by atoms with Gasteiger partial charge in [-0.05, 0) is 37.3 Å². The molecule has 0 saturated heterocycles. The fourth-order valence-corrected chi connectivity index (χ4v) is 2.69. The van der Waals surface area contributed by atoms with E-state index in [4.69, 9.17) is 5.11 Å². The number of nitrogens with one attached hydrogen (secondary N) is 2. The topological polar surface area (TPSA) is 131 Å². The minimum atomic E-state index is -1.12. The van der Waals surface area contributed by atoms with Crippen LogP contribution >= 0.6 is 0 Å². The largest absolute Gasteiger partial charge is 0.476 e. The van der Waals surface area contributed by atoms with Crippen molar-refractivity contribution in [2.75, 3.05) is 10.6 Å². The Morgan fingerprint density at radius 2 is 1.86 bits per heavy atom. The number of hydrogen-bond acceptors (Lipinski definition) is 5. The molecule has 2 heterocycles. The molecule has 3 rings (SSSR count). The molecular weight excluding hydrogens is 376 g/mol. The number of aromatic nitrogens is 4. The van der Waals surface area contributed by atoms with Gasteiger partial charge in [0.15, 0.2) is 5.69 Å². The van der Waals surface area contributed by atoms with Crippen molar-refractivity contribution >= 4 is 29.2 Å². The monoisotopic (exact) mass is 396 g/mol. The first-order valence-electron chi connectivity index (χ1n) is 8.96. The van der Waals surface area contributed by atoms with Gasteiger partial charge in [0.2, 0.25) is 5.91 Å². The number of aryl methyl sites for hydroxylation is 2. The van der Waals surface area contributed by atoms with Crippen LogP contribution in [0.5, 0.6) is 0 Å². The Bertz CT molecular complexity index is 1040. The van der Waals surface area contributed by atoms with E-state index in [1.54, 1.807) is 41.2 Å². The molecule has 3 aromatic rings. The first kappa shape index (κ1) is 19.8. The van der Waals surface area contributed by atoms with Gasteiger partial charge in [-0.1, -0.05) is 6.07 Å². The molecule has 0 atom stereocenters. The zero-order valence-corrected chi connectivity index (χ0v) is 15.7. The van der Waals surface area contributed by atoms with E-state index in [-0.39, 0.29) is 30.5 Å². The van der Waals surface area contributed by atoms with E-state index in [9.17, 15) is 14.4 Å². The number of amides is 2. The number of carbonyl (C=O) groups excluding carboxylic acids is 2. The zero-order chi connectivity index (χ0) is 20.8. The third-order valence-electron chi connectivity index (χ3n) is 4.08. The van der Waals surface area contributed by atoms with Crippen LogP contribution in [0, 0.1) is 0 Å². The van der Waals surface area contributed by atoms with E-state index in [1.165, 1.54) is 16.9 Å². The summed E-state index contributed by atoms with van der Waals surface area (Å²) in [7, 11) is 0. The van der Waals surface area contributed by atoms with Gasteiger partial charge < -0.3 is 15.7 Å². The molecule has 150 valence electrons. The van der Waals surface area contributed by atoms with E-state index in [2.05, 4.69) is 20.8 Å². The average molecular weight is 396 g/mol. The SMILES string of the molecule is CCn1nccc1C(=O)Nc1cccc(NC(=O)CCn2ccc(C(=O)O)n2)c1. The number of anilines is 2. The van der Waals surface area contributed by atoms with Crippen molar-refractivity contribution in [2.24, 2.45) is 0 Å². The number of carboxylic acid groups (broad SMARTS) is 1. The highest BCUT2D eigenvalue weighted by Crippen LogP contribution is 2.16. The van der Waals surface area contributed by atoms with Crippen LogP contribution < -0.4 is 10.6 Å². The average Bonchev–Trinajstić information content (AvgIpc) is 3.36. The van der Waals surface area contributed by atoms with E-state index in [0.717, 1.165) is 0 Å². The number of rotatable bonds is 8. The quantitative estimate of drug-likeness (QED) is 0.534. The summed E-state index contributed by atoms with van der Waals surface area (Å²) in [6.45, 7) is 2.72. The van der Waals surface area contributed by atoms with Crippen molar-refractivity contribution < 1.29 is 19.5 Å². The summed E-state index contributed by atoms with van der Waals surface area (Å²) < 4.78 is 2.99. The summed E-state index contributed by atoms with van der Waals surface area (Å²) in [4.78, 5) is 35.4. The summed E-state index contributed by atoms with van der Waals surface area (Å²) in [6, 6.07) is 9.80. The molecule has 0 aliphatic carbocycles. The maximum Gasteiger partial charge on any atom is 0.356 e. The van der Waals surface area contributed by atoms with Crippen LogP contribution in [0.4, 0.5) is 11.4 Å². The molecule has 1 aromatic carbocycles. The Morgan fingerprint density at radius 3 is 2.55 bits per heavy atom. The third-order valence-corrected chi connectivity index (χ3v) is 4.08. The molecule has 0 saturated carbocycles. The smallest absolute Gasteiger partial charge is 0.356 e. The molecule has 0 unspecified atom stereocenters. The lowest BCUT2D eigenvalue weighted by molar-refractivity contribution is -0.116. The van der Waals surface area contributed by atoms with Gasteiger partial charge in [-0.15, -0.1) is 0 Å². The maximum absolute atomic E-state index is 12.4. The molecule has 10 nitrogen and oxygen atoms in total. The highest BCUT2D eigenvalue weighted by Gasteiger charge is 2.12. The third kappa shape index (κ3) is 5.06. The predicted molar refractivity (Wildman–Crippen MR) is 105 cm³/mol. The van der Waals surface area contributed by atoms with Crippen LogP contribution in [0.25, 0.3) is 0 Å². The van der Waals surface area contributed by atoms with E-state index in [1.807, 2.05) is 6.92 Å². The number of hydrogen-bond donors (Lipinski definition) is 3. The van der Waals surface area contributed by atoms with Crippen LogP contribution in [0.2, 0.25) is 0 Å². The maximum atomic E-state index is 12.4. The molecule has 0 aliphatic heterocycles. The van der Waals surface area contributed by atoms with Crippen LogP contribution in [0.15, 0.2) is 48.8 Å². The number of carbonyl (C=O) groups is 3. The summed E-state index contributed by atoms with van der Waals surface area (Å²) in [5, 5.41) is 22.3. The zero-order valence-electron chi connectivity index (χ0n) is 15.7. The lowest BCUT2D eigenvalue weighted by Crippen LogP contribution is -2.18. The van der Waals surface area contributed by atoms with Crippen molar-refractivity contribution in [3.8, 4) is 0 Å². The standard InChI is InChI=1S/C19H20N6O4/c1-2-25-16(6-9-20-25)18(27)22-14-5-3-4-13(12-14)21-17(26)8-11-24-10-7-15(23-24)19(28)29/h3-7,9-10,12H,2,8,11H2,1H3,(H,21,26)(H,22,27)(H,28,29). The van der Waals surface area contributed by atoms with Gasteiger partial charge in [-0.2, -0.15) is 10.2 Å². The molecule has 2 aromatic heterocycles. The summed E-state index contributed by atoms with van der Waals surface area (Å²) >= 11 is 0. The molecule has 3 N–H and O–H groups in total. The molecule has 10 heteroatoms. The lowest BCUT2D eigenvalue weighted by Gasteiger charge is -2.10. The fourth-order valence-electron chi connectivity index (χ4n) is 2.69. The van der Waals surface area contributed by atoms with Gasteiger partial charge in [0.25, 0.3) is 5.91 Å². The highest BCUT2D eigenvalue weighted by molar-refractivity contribution is 6.03. The second-order valence-electron chi connectivity index (χ2n) is 6.13. The summed E-state index contributed by atoms with van der Waals surface area (Å²) in [5.74, 6) is -1.67. The molecule has 2 amide bonds. The molecule has 0 spiro atoms. The van der Waals surface area contributed by atoms with Crippen LogP contribution in [0.3, 0.4) is 0 Å². The van der Waals surface area contributed by atoms with Gasteiger partial charge >= 0.3 is 5.97 Å². The number of nitrogens with zero attached hydrogens (tertiary/aromatic N) is 4. The van der Waals surface area contributed by atoms with Crippen LogP contribution in [-0.2, 0) is 17.9 Å². The first-order valence-corrected chi connectivity index (χ1v) is 8.96. The Hall–Kier alpha value is -3.95.